The Morgan fingerprint density at radius 3 is 2.42 bits per heavy atom. The van der Waals surface area contributed by atoms with E-state index in [1.54, 1.807) is 16.7 Å². The second-order valence-electron chi connectivity index (χ2n) is 9.77. The summed E-state index contributed by atoms with van der Waals surface area (Å²) in [5.74, 6) is 0.745. The lowest BCUT2D eigenvalue weighted by atomic mass is 9.90. The van der Waals surface area contributed by atoms with Crippen LogP contribution in [0, 0.1) is 12.8 Å². The first-order valence-corrected chi connectivity index (χ1v) is 13.0. The van der Waals surface area contributed by atoms with Gasteiger partial charge < -0.3 is 14.4 Å². The van der Waals surface area contributed by atoms with Crippen LogP contribution in [-0.4, -0.2) is 41.8 Å². The molecule has 0 atom stereocenters. The molecule has 5 rings (SSSR count). The average Bonchev–Trinajstić information content (AvgIpc) is 3.31. The smallest absolute Gasteiger partial charge is 0.250 e. The number of hydrogen-bond donors (Lipinski definition) is 1. The molecule has 4 aromatic rings. The number of likely N-dealkylation sites (tertiary alicyclic amines) is 1. The molecule has 1 fully saturated rings. The monoisotopic (exact) mass is 486 g/mol. The predicted molar refractivity (Wildman–Crippen MR) is 146 cm³/mol. The SMILES string of the molecule is CNC.Cc1c(Cn2ccccc2=O)ccc2c(CCC3CCN(Cc4ccccc4)CC3)noc12. The van der Waals surface area contributed by atoms with Crippen molar-refractivity contribution < 1.29 is 4.52 Å². The van der Waals surface area contributed by atoms with Gasteiger partial charge in [0.15, 0.2) is 5.58 Å². The summed E-state index contributed by atoms with van der Waals surface area (Å²) < 4.78 is 7.48. The van der Waals surface area contributed by atoms with Gasteiger partial charge in [-0.3, -0.25) is 9.69 Å². The Kier molecular flexibility index (Phi) is 9.09. The van der Waals surface area contributed by atoms with Crippen LogP contribution in [0.3, 0.4) is 0 Å². The quantitative estimate of drug-likeness (QED) is 0.397. The number of fused-ring (bicyclic) bond motifs is 1. The number of nitrogens with one attached hydrogen (secondary N) is 1. The first kappa shape index (κ1) is 25.9. The highest BCUT2D eigenvalue weighted by molar-refractivity contribution is 5.83. The molecule has 1 aliphatic rings. The van der Waals surface area contributed by atoms with Crippen molar-refractivity contribution in [1.29, 1.82) is 0 Å². The highest BCUT2D eigenvalue weighted by Gasteiger charge is 2.21. The lowest BCUT2D eigenvalue weighted by Gasteiger charge is -2.31. The van der Waals surface area contributed by atoms with Crippen molar-refractivity contribution in [3.8, 4) is 0 Å². The molecule has 0 saturated carbocycles. The van der Waals surface area contributed by atoms with E-state index in [0.29, 0.717) is 6.54 Å². The van der Waals surface area contributed by atoms with E-state index >= 15 is 0 Å². The van der Waals surface area contributed by atoms with Gasteiger partial charge in [-0.25, -0.2) is 0 Å². The van der Waals surface area contributed by atoms with Crippen LogP contribution in [-0.2, 0) is 19.5 Å². The molecule has 1 N–H and O–H groups in total. The molecule has 2 aromatic carbocycles. The van der Waals surface area contributed by atoms with Crippen molar-refractivity contribution in [2.75, 3.05) is 27.2 Å². The average molecular weight is 487 g/mol. The van der Waals surface area contributed by atoms with Crippen LogP contribution in [0.25, 0.3) is 11.0 Å². The summed E-state index contributed by atoms with van der Waals surface area (Å²) in [6.07, 6.45) is 6.42. The number of nitrogens with zero attached hydrogens (tertiary/aromatic N) is 3. The highest BCUT2D eigenvalue weighted by atomic mass is 16.5. The number of hydrogen-bond acceptors (Lipinski definition) is 5. The standard InChI is InChI=1S/C28H31N3O2.C2H7N/c1-21-24(20-31-16-6-5-9-27(31)32)11-12-25-26(29-33-28(21)25)13-10-22-14-17-30(18-15-22)19-23-7-3-2-4-8-23;1-3-2/h2-9,11-12,16,22H,10,13-15,17-20H2,1H3;3H,1-2H3. The molecule has 0 spiro atoms. The Labute approximate surface area is 213 Å². The number of piperidine rings is 1. The summed E-state index contributed by atoms with van der Waals surface area (Å²) >= 11 is 0. The zero-order valence-corrected chi connectivity index (χ0v) is 21.7. The molecular weight excluding hydrogens is 448 g/mol. The van der Waals surface area contributed by atoms with Gasteiger partial charge in [-0.2, -0.15) is 0 Å². The fourth-order valence-electron chi connectivity index (χ4n) is 4.97. The van der Waals surface area contributed by atoms with Crippen LogP contribution >= 0.6 is 0 Å². The van der Waals surface area contributed by atoms with Gasteiger partial charge in [0.25, 0.3) is 5.56 Å². The third kappa shape index (κ3) is 6.50. The van der Waals surface area contributed by atoms with Crippen LogP contribution in [0.2, 0.25) is 0 Å². The normalized spacial score (nSPS) is 14.5. The summed E-state index contributed by atoms with van der Waals surface area (Å²) in [7, 11) is 3.75. The van der Waals surface area contributed by atoms with Crippen LogP contribution in [0.15, 0.2) is 76.2 Å². The summed E-state index contributed by atoms with van der Waals surface area (Å²) in [5, 5.41) is 8.28. The van der Waals surface area contributed by atoms with Gasteiger partial charge >= 0.3 is 0 Å². The third-order valence-electron chi connectivity index (χ3n) is 7.06. The van der Waals surface area contributed by atoms with Crippen molar-refractivity contribution in [2.24, 2.45) is 5.92 Å². The Bertz CT molecular complexity index is 1290. The van der Waals surface area contributed by atoms with Gasteiger partial charge in [0.05, 0.1) is 12.2 Å². The first-order valence-electron chi connectivity index (χ1n) is 13.0. The molecular formula is C30H38N4O2. The minimum Gasteiger partial charge on any atom is -0.356 e. The summed E-state index contributed by atoms with van der Waals surface area (Å²) in [5.41, 5.74) is 5.47. The fraction of sp³-hybridized carbons (Fsp3) is 0.400. The predicted octanol–water partition coefficient (Wildman–Crippen LogP) is 5.03. The van der Waals surface area contributed by atoms with Crippen LogP contribution in [0.4, 0.5) is 0 Å². The van der Waals surface area contributed by atoms with Crippen molar-refractivity contribution in [2.45, 2.75) is 45.7 Å². The second-order valence-corrected chi connectivity index (χ2v) is 9.77. The zero-order valence-electron chi connectivity index (χ0n) is 21.7. The largest absolute Gasteiger partial charge is 0.356 e. The van der Waals surface area contributed by atoms with E-state index in [0.717, 1.165) is 53.1 Å². The number of pyridine rings is 1. The minimum atomic E-state index is 0.00470. The maximum absolute atomic E-state index is 12.1. The third-order valence-corrected chi connectivity index (χ3v) is 7.06. The van der Waals surface area contributed by atoms with Crippen LogP contribution < -0.4 is 10.9 Å². The molecule has 0 unspecified atom stereocenters. The first-order chi connectivity index (χ1) is 17.6. The minimum absolute atomic E-state index is 0.00470. The van der Waals surface area contributed by atoms with Crippen molar-refractivity contribution in [3.63, 3.8) is 0 Å². The molecule has 2 aromatic heterocycles. The molecule has 0 aliphatic carbocycles. The lowest BCUT2D eigenvalue weighted by Crippen LogP contribution is -2.33. The second kappa shape index (κ2) is 12.7. The molecule has 6 heteroatoms. The van der Waals surface area contributed by atoms with Crippen LogP contribution in [0.1, 0.15) is 41.6 Å². The number of benzene rings is 2. The molecule has 1 saturated heterocycles. The van der Waals surface area contributed by atoms with Crippen molar-refractivity contribution >= 4 is 11.0 Å². The molecule has 0 bridgehead atoms. The number of aromatic nitrogens is 2. The van der Waals surface area contributed by atoms with Gasteiger partial charge in [-0.05, 0) is 89.0 Å². The lowest BCUT2D eigenvalue weighted by molar-refractivity contribution is 0.172. The molecule has 3 heterocycles. The van der Waals surface area contributed by atoms with Gasteiger partial charge in [-0.1, -0.05) is 47.6 Å². The van der Waals surface area contributed by atoms with Crippen molar-refractivity contribution in [3.05, 3.63) is 99.6 Å². The fourth-order valence-corrected chi connectivity index (χ4v) is 4.97. The van der Waals surface area contributed by atoms with E-state index in [4.69, 9.17) is 4.52 Å². The van der Waals surface area contributed by atoms with E-state index in [9.17, 15) is 4.79 Å². The van der Waals surface area contributed by atoms with E-state index in [-0.39, 0.29) is 5.56 Å². The Hall–Kier alpha value is -3.22. The van der Waals surface area contributed by atoms with Crippen LogP contribution in [0.5, 0.6) is 0 Å². The Morgan fingerprint density at radius 2 is 1.69 bits per heavy atom. The van der Waals surface area contributed by atoms with Crippen molar-refractivity contribution in [1.82, 2.24) is 19.9 Å². The Balaban J connectivity index is 0.000000967. The maximum atomic E-state index is 12.1. The number of rotatable bonds is 7. The van der Waals surface area contributed by atoms with Gasteiger partial charge in [-0.15, -0.1) is 0 Å². The maximum Gasteiger partial charge on any atom is 0.250 e. The highest BCUT2D eigenvalue weighted by Crippen LogP contribution is 2.29. The Morgan fingerprint density at radius 1 is 0.972 bits per heavy atom. The number of aryl methyl sites for hydroxylation is 2. The summed E-state index contributed by atoms with van der Waals surface area (Å²) in [6, 6.07) is 20.2. The molecule has 6 nitrogen and oxygen atoms in total. The van der Waals surface area contributed by atoms with Gasteiger partial charge in [0.1, 0.15) is 0 Å². The van der Waals surface area contributed by atoms with E-state index in [1.165, 1.54) is 31.5 Å². The molecule has 36 heavy (non-hydrogen) atoms. The molecule has 1 aliphatic heterocycles. The van der Waals surface area contributed by atoms with Gasteiger partial charge in [0, 0.05) is 29.8 Å². The zero-order chi connectivity index (χ0) is 25.3. The topological polar surface area (TPSA) is 63.3 Å². The van der Waals surface area contributed by atoms with E-state index in [2.05, 4.69) is 64.8 Å². The van der Waals surface area contributed by atoms with Gasteiger partial charge in [0.2, 0.25) is 0 Å². The van der Waals surface area contributed by atoms with E-state index < -0.39 is 0 Å². The summed E-state index contributed by atoms with van der Waals surface area (Å²) in [6.45, 7) is 5.99. The molecule has 190 valence electrons. The molecule has 0 radical (unpaired) electrons. The van der Waals surface area contributed by atoms with E-state index in [1.807, 2.05) is 26.4 Å². The molecule has 0 amide bonds. The summed E-state index contributed by atoms with van der Waals surface area (Å²) in [4.78, 5) is 14.6.